The van der Waals surface area contributed by atoms with Crippen molar-refractivity contribution in [3.63, 3.8) is 0 Å². The first-order valence-electron chi connectivity index (χ1n) is 5.87. The van der Waals surface area contributed by atoms with Gasteiger partial charge in [-0.2, -0.15) is 0 Å². The monoisotopic (exact) mass is 324 g/mol. The highest BCUT2D eigenvalue weighted by molar-refractivity contribution is 7.80. The number of thiocarbonyl (C=S) groups is 1. The maximum Gasteiger partial charge on any atom is 0.253 e. The third kappa shape index (κ3) is 3.56. The molecule has 1 amide bonds. The molecule has 104 valence electrons. The number of halogens is 1. The molecule has 6 heteroatoms. The molecule has 0 bridgehead atoms. The smallest absolute Gasteiger partial charge is 0.253 e. The second-order valence-electron chi connectivity index (χ2n) is 4.31. The summed E-state index contributed by atoms with van der Waals surface area (Å²) in [5.41, 5.74) is 6.84. The Labute approximate surface area is 132 Å². The molecule has 20 heavy (non-hydrogen) atoms. The Morgan fingerprint density at radius 1 is 1.35 bits per heavy atom. The first-order chi connectivity index (χ1) is 9.47. The molecule has 0 saturated carbocycles. The van der Waals surface area contributed by atoms with Crippen LogP contribution in [0.15, 0.2) is 36.4 Å². The van der Waals surface area contributed by atoms with E-state index in [1.165, 1.54) is 11.3 Å². The predicted octanol–water partition coefficient (Wildman–Crippen LogP) is 3.31. The lowest BCUT2D eigenvalue weighted by Crippen LogP contribution is -2.26. The molecule has 3 nitrogen and oxygen atoms in total. The molecule has 0 fully saturated rings. The fourth-order valence-corrected chi connectivity index (χ4v) is 3.04. The van der Waals surface area contributed by atoms with E-state index >= 15 is 0 Å². The molecule has 2 N–H and O–H groups in total. The first-order valence-corrected chi connectivity index (χ1v) is 7.47. The number of benzene rings is 1. The van der Waals surface area contributed by atoms with Crippen molar-refractivity contribution >= 4 is 46.1 Å². The van der Waals surface area contributed by atoms with Gasteiger partial charge < -0.3 is 10.6 Å². The molecule has 0 aliphatic carbocycles. The number of carbonyl (C=O) groups is 1. The zero-order chi connectivity index (χ0) is 14.7. The van der Waals surface area contributed by atoms with Crippen LogP contribution in [0.3, 0.4) is 0 Å². The second kappa shape index (κ2) is 6.35. The first kappa shape index (κ1) is 15.0. The van der Waals surface area contributed by atoms with E-state index in [1.807, 2.05) is 12.1 Å². The van der Waals surface area contributed by atoms with Crippen molar-refractivity contribution in [2.75, 3.05) is 7.05 Å². The van der Waals surface area contributed by atoms with Crippen molar-refractivity contribution in [2.24, 2.45) is 5.73 Å². The number of hydrogen-bond acceptors (Lipinski definition) is 3. The van der Waals surface area contributed by atoms with E-state index in [9.17, 15) is 4.79 Å². The van der Waals surface area contributed by atoms with Crippen molar-refractivity contribution in [3.8, 4) is 0 Å². The van der Waals surface area contributed by atoms with Gasteiger partial charge in [-0.3, -0.25) is 4.79 Å². The Bertz CT molecular complexity index is 654. The third-order valence-corrected chi connectivity index (χ3v) is 4.21. The average molecular weight is 325 g/mol. The maximum atomic E-state index is 12.3. The van der Waals surface area contributed by atoms with Gasteiger partial charge in [0, 0.05) is 23.1 Å². The van der Waals surface area contributed by atoms with Crippen LogP contribution >= 0.6 is 35.2 Å². The van der Waals surface area contributed by atoms with Crippen LogP contribution in [0.2, 0.25) is 4.34 Å². The quantitative estimate of drug-likeness (QED) is 0.878. The minimum atomic E-state index is -0.0763. The van der Waals surface area contributed by atoms with Crippen molar-refractivity contribution in [3.05, 3.63) is 56.7 Å². The van der Waals surface area contributed by atoms with Crippen LogP contribution in [-0.4, -0.2) is 22.8 Å². The van der Waals surface area contributed by atoms with Gasteiger partial charge in [0.15, 0.2) is 0 Å². The maximum absolute atomic E-state index is 12.3. The van der Waals surface area contributed by atoms with Crippen LogP contribution in [0.5, 0.6) is 0 Å². The summed E-state index contributed by atoms with van der Waals surface area (Å²) in [5.74, 6) is -0.0763. The summed E-state index contributed by atoms with van der Waals surface area (Å²) < 4.78 is 0.719. The molecule has 0 aliphatic heterocycles. The zero-order valence-corrected chi connectivity index (χ0v) is 13.2. The minimum Gasteiger partial charge on any atom is -0.389 e. The van der Waals surface area contributed by atoms with Crippen molar-refractivity contribution < 1.29 is 4.79 Å². The molecule has 0 spiro atoms. The molecule has 2 rings (SSSR count). The number of nitrogens with zero attached hydrogens (tertiary/aromatic N) is 1. The fraction of sp³-hybridized carbons (Fsp3) is 0.143. The summed E-state index contributed by atoms with van der Waals surface area (Å²) in [6, 6.07) is 10.8. The van der Waals surface area contributed by atoms with Gasteiger partial charge in [0.25, 0.3) is 5.91 Å². The van der Waals surface area contributed by atoms with Gasteiger partial charge in [-0.05, 0) is 24.3 Å². The Hall–Kier alpha value is -1.43. The van der Waals surface area contributed by atoms with Crippen molar-refractivity contribution in [1.29, 1.82) is 0 Å². The number of amides is 1. The molecule has 2 aromatic rings. The lowest BCUT2D eigenvalue weighted by atomic mass is 10.1. The number of thiophene rings is 1. The van der Waals surface area contributed by atoms with Crippen LogP contribution < -0.4 is 5.73 Å². The van der Waals surface area contributed by atoms with Gasteiger partial charge in [-0.15, -0.1) is 11.3 Å². The van der Waals surface area contributed by atoms with E-state index in [4.69, 9.17) is 29.6 Å². The molecule has 0 saturated heterocycles. The molecule has 1 aromatic heterocycles. The number of rotatable bonds is 4. The van der Waals surface area contributed by atoms with Crippen LogP contribution in [0, 0.1) is 0 Å². The molecular formula is C14H13ClN2OS2. The van der Waals surface area contributed by atoms with Gasteiger partial charge in [0.1, 0.15) is 4.99 Å². The van der Waals surface area contributed by atoms with Gasteiger partial charge in [0.05, 0.1) is 10.9 Å². The number of hydrogen-bond donors (Lipinski definition) is 1. The topological polar surface area (TPSA) is 46.3 Å². The summed E-state index contributed by atoms with van der Waals surface area (Å²) in [7, 11) is 1.75. The van der Waals surface area contributed by atoms with E-state index in [0.717, 1.165) is 9.21 Å². The van der Waals surface area contributed by atoms with E-state index in [2.05, 4.69) is 0 Å². The molecule has 0 atom stereocenters. The van der Waals surface area contributed by atoms with Gasteiger partial charge in [-0.1, -0.05) is 36.0 Å². The van der Waals surface area contributed by atoms with E-state index < -0.39 is 0 Å². The van der Waals surface area contributed by atoms with E-state index in [0.29, 0.717) is 17.7 Å². The van der Waals surface area contributed by atoms with Crippen LogP contribution in [0.1, 0.15) is 20.8 Å². The van der Waals surface area contributed by atoms with Crippen molar-refractivity contribution in [1.82, 2.24) is 4.90 Å². The average Bonchev–Trinajstić information content (AvgIpc) is 2.83. The van der Waals surface area contributed by atoms with Crippen LogP contribution in [-0.2, 0) is 6.54 Å². The van der Waals surface area contributed by atoms with Gasteiger partial charge in [-0.25, -0.2) is 0 Å². The normalized spacial score (nSPS) is 10.3. The highest BCUT2D eigenvalue weighted by Gasteiger charge is 2.13. The fourth-order valence-electron chi connectivity index (χ4n) is 1.77. The SMILES string of the molecule is CN(Cc1ccc(Cl)s1)C(=O)c1cccc(C(N)=S)c1. The minimum absolute atomic E-state index is 0.0763. The molecule has 1 heterocycles. The Balaban J connectivity index is 2.14. The summed E-state index contributed by atoms with van der Waals surface area (Å²) >= 11 is 12.3. The number of nitrogens with two attached hydrogens (primary N) is 1. The number of carbonyl (C=O) groups excluding carboxylic acids is 1. The lowest BCUT2D eigenvalue weighted by molar-refractivity contribution is 0.0786. The Morgan fingerprint density at radius 2 is 2.05 bits per heavy atom. The molecule has 0 radical (unpaired) electrons. The highest BCUT2D eigenvalue weighted by Crippen LogP contribution is 2.22. The van der Waals surface area contributed by atoms with E-state index in [-0.39, 0.29) is 10.9 Å². The highest BCUT2D eigenvalue weighted by atomic mass is 35.5. The summed E-state index contributed by atoms with van der Waals surface area (Å²) in [6.07, 6.45) is 0. The summed E-state index contributed by atoms with van der Waals surface area (Å²) in [5, 5.41) is 0. The van der Waals surface area contributed by atoms with Crippen molar-refractivity contribution in [2.45, 2.75) is 6.54 Å². The lowest BCUT2D eigenvalue weighted by Gasteiger charge is -2.16. The second-order valence-corrected chi connectivity index (χ2v) is 6.55. The molecule has 0 aliphatic rings. The molecular weight excluding hydrogens is 312 g/mol. The molecule has 0 unspecified atom stereocenters. The largest absolute Gasteiger partial charge is 0.389 e. The zero-order valence-electron chi connectivity index (χ0n) is 10.8. The Kier molecular flexibility index (Phi) is 4.75. The van der Waals surface area contributed by atoms with Crippen LogP contribution in [0.4, 0.5) is 0 Å². The van der Waals surface area contributed by atoms with Gasteiger partial charge >= 0.3 is 0 Å². The third-order valence-electron chi connectivity index (χ3n) is 2.76. The summed E-state index contributed by atoms with van der Waals surface area (Å²) in [4.78, 5) is 15.3. The Morgan fingerprint density at radius 3 is 2.65 bits per heavy atom. The van der Waals surface area contributed by atoms with Gasteiger partial charge in [0.2, 0.25) is 0 Å². The van der Waals surface area contributed by atoms with Crippen LogP contribution in [0.25, 0.3) is 0 Å². The standard InChI is InChI=1S/C14H13ClN2OS2/c1-17(8-11-5-6-12(15)20-11)14(18)10-4-2-3-9(7-10)13(16)19/h2-7H,8H2,1H3,(H2,16,19). The summed E-state index contributed by atoms with van der Waals surface area (Å²) in [6.45, 7) is 0.521. The molecule has 1 aromatic carbocycles. The van der Waals surface area contributed by atoms with E-state index in [1.54, 1.807) is 36.2 Å². The predicted molar refractivity (Wildman–Crippen MR) is 87.5 cm³/mol.